The maximum atomic E-state index is 11.2. The highest BCUT2D eigenvalue weighted by Crippen LogP contribution is 2.35. The number of benzene rings is 1. The number of aryl methyl sites for hydroxylation is 3. The number of carboxylic acids is 1. The highest BCUT2D eigenvalue weighted by atomic mass is 79.9. The molecule has 96 valence electrons. The van der Waals surface area contributed by atoms with E-state index in [4.69, 9.17) is 4.42 Å². The lowest BCUT2D eigenvalue weighted by Gasteiger charge is -2.05. The number of aromatic carboxylic acids is 1. The van der Waals surface area contributed by atoms with Crippen molar-refractivity contribution in [1.29, 1.82) is 0 Å². The average molecular weight is 311 g/mol. The van der Waals surface area contributed by atoms with E-state index in [0.29, 0.717) is 12.0 Å². The molecule has 1 N–H and O–H groups in total. The predicted octanol–water partition coefficient (Wildman–Crippen LogP) is 4.46. The standard InChI is InChI=1S/C14H15BrO3/c1-4-5-9-11-8(3)12(15)7(2)6-10(11)18-13(9)14(16)17/h6H,4-5H2,1-3H3,(H,16,17). The third-order valence-corrected chi connectivity index (χ3v) is 4.35. The van der Waals surface area contributed by atoms with Crippen LogP contribution in [0.5, 0.6) is 0 Å². The summed E-state index contributed by atoms with van der Waals surface area (Å²) >= 11 is 3.54. The highest BCUT2D eigenvalue weighted by Gasteiger charge is 2.22. The average Bonchev–Trinajstić information content (AvgIpc) is 2.66. The van der Waals surface area contributed by atoms with Gasteiger partial charge in [0.15, 0.2) is 0 Å². The molecule has 0 bridgehead atoms. The Bertz CT molecular complexity index is 626. The maximum Gasteiger partial charge on any atom is 0.372 e. The quantitative estimate of drug-likeness (QED) is 0.910. The van der Waals surface area contributed by atoms with Gasteiger partial charge in [-0.3, -0.25) is 0 Å². The van der Waals surface area contributed by atoms with E-state index in [0.717, 1.165) is 33.0 Å². The first kappa shape index (κ1) is 13.1. The predicted molar refractivity (Wildman–Crippen MR) is 74.3 cm³/mol. The Kier molecular flexibility index (Phi) is 3.48. The summed E-state index contributed by atoms with van der Waals surface area (Å²) in [4.78, 5) is 11.2. The van der Waals surface area contributed by atoms with Crippen LogP contribution in [0.25, 0.3) is 11.0 Å². The molecule has 0 spiro atoms. The Morgan fingerprint density at radius 1 is 1.44 bits per heavy atom. The van der Waals surface area contributed by atoms with Gasteiger partial charge in [-0.25, -0.2) is 4.79 Å². The molecule has 0 aliphatic carbocycles. The lowest BCUT2D eigenvalue weighted by atomic mass is 10.0. The van der Waals surface area contributed by atoms with Crippen LogP contribution >= 0.6 is 15.9 Å². The van der Waals surface area contributed by atoms with Gasteiger partial charge in [0.2, 0.25) is 5.76 Å². The van der Waals surface area contributed by atoms with Crippen molar-refractivity contribution < 1.29 is 14.3 Å². The minimum atomic E-state index is -0.997. The fourth-order valence-corrected chi connectivity index (χ4v) is 2.64. The van der Waals surface area contributed by atoms with E-state index in [-0.39, 0.29) is 5.76 Å². The molecule has 0 saturated carbocycles. The highest BCUT2D eigenvalue weighted by molar-refractivity contribution is 9.10. The molecule has 1 heterocycles. The van der Waals surface area contributed by atoms with E-state index < -0.39 is 5.97 Å². The van der Waals surface area contributed by atoms with Crippen molar-refractivity contribution in [2.45, 2.75) is 33.6 Å². The monoisotopic (exact) mass is 310 g/mol. The molecule has 2 rings (SSSR count). The number of fused-ring (bicyclic) bond motifs is 1. The van der Waals surface area contributed by atoms with Crippen molar-refractivity contribution in [1.82, 2.24) is 0 Å². The minimum absolute atomic E-state index is 0.0763. The van der Waals surface area contributed by atoms with Crippen molar-refractivity contribution in [2.75, 3.05) is 0 Å². The van der Waals surface area contributed by atoms with Gasteiger partial charge in [0.05, 0.1) is 0 Å². The molecule has 1 aromatic heterocycles. The molecule has 0 saturated heterocycles. The van der Waals surface area contributed by atoms with Gasteiger partial charge in [-0.2, -0.15) is 0 Å². The molecule has 2 aromatic rings. The second kappa shape index (κ2) is 4.76. The zero-order chi connectivity index (χ0) is 13.4. The molecule has 0 amide bonds. The van der Waals surface area contributed by atoms with E-state index >= 15 is 0 Å². The Balaban J connectivity index is 2.86. The van der Waals surface area contributed by atoms with Crippen LogP contribution in [0.4, 0.5) is 0 Å². The Hall–Kier alpha value is -1.29. The molecule has 1 aromatic carbocycles. The Morgan fingerprint density at radius 3 is 2.67 bits per heavy atom. The lowest BCUT2D eigenvalue weighted by molar-refractivity contribution is 0.0663. The number of carbonyl (C=O) groups is 1. The van der Waals surface area contributed by atoms with Crippen molar-refractivity contribution in [3.8, 4) is 0 Å². The number of rotatable bonds is 3. The van der Waals surface area contributed by atoms with E-state index in [1.165, 1.54) is 0 Å². The number of hydrogen-bond acceptors (Lipinski definition) is 2. The fourth-order valence-electron chi connectivity index (χ4n) is 2.32. The Labute approximate surface area is 114 Å². The van der Waals surface area contributed by atoms with Crippen LogP contribution < -0.4 is 0 Å². The van der Waals surface area contributed by atoms with E-state index in [2.05, 4.69) is 15.9 Å². The summed E-state index contributed by atoms with van der Waals surface area (Å²) in [5, 5.41) is 10.2. The first-order valence-electron chi connectivity index (χ1n) is 5.91. The van der Waals surface area contributed by atoms with E-state index in [1.54, 1.807) is 0 Å². The van der Waals surface area contributed by atoms with Gasteiger partial charge < -0.3 is 9.52 Å². The molecule has 0 radical (unpaired) electrons. The zero-order valence-corrected chi connectivity index (χ0v) is 12.2. The molecule has 18 heavy (non-hydrogen) atoms. The second-order valence-electron chi connectivity index (χ2n) is 4.47. The molecule has 0 aliphatic rings. The molecular formula is C14H15BrO3. The van der Waals surface area contributed by atoms with Crippen LogP contribution in [0.15, 0.2) is 15.0 Å². The number of halogens is 1. The molecule has 0 fully saturated rings. The summed E-state index contributed by atoms with van der Waals surface area (Å²) in [5.74, 6) is -0.921. The Morgan fingerprint density at radius 2 is 2.11 bits per heavy atom. The van der Waals surface area contributed by atoms with Gasteiger partial charge in [0.1, 0.15) is 5.58 Å². The summed E-state index contributed by atoms with van der Waals surface area (Å²) in [6.07, 6.45) is 1.60. The molecule has 4 heteroatoms. The van der Waals surface area contributed by atoms with Gasteiger partial charge in [-0.1, -0.05) is 29.3 Å². The molecule has 0 aliphatic heterocycles. The lowest BCUT2D eigenvalue weighted by Crippen LogP contribution is -1.99. The smallest absolute Gasteiger partial charge is 0.372 e. The van der Waals surface area contributed by atoms with Crippen LogP contribution in [0, 0.1) is 13.8 Å². The van der Waals surface area contributed by atoms with Crippen LogP contribution in [-0.2, 0) is 6.42 Å². The van der Waals surface area contributed by atoms with Gasteiger partial charge in [-0.05, 0) is 37.5 Å². The number of furan rings is 1. The summed E-state index contributed by atoms with van der Waals surface area (Å²) in [6.45, 7) is 5.99. The fraction of sp³-hybridized carbons (Fsp3) is 0.357. The zero-order valence-electron chi connectivity index (χ0n) is 10.6. The maximum absolute atomic E-state index is 11.2. The number of carboxylic acid groups (broad SMARTS) is 1. The van der Waals surface area contributed by atoms with Crippen LogP contribution in [0.3, 0.4) is 0 Å². The third kappa shape index (κ3) is 1.94. The van der Waals surface area contributed by atoms with Crippen molar-refractivity contribution in [3.63, 3.8) is 0 Å². The van der Waals surface area contributed by atoms with Gasteiger partial charge in [0.25, 0.3) is 0 Å². The van der Waals surface area contributed by atoms with Crippen molar-refractivity contribution >= 4 is 32.9 Å². The van der Waals surface area contributed by atoms with Gasteiger partial charge in [-0.15, -0.1) is 0 Å². The van der Waals surface area contributed by atoms with Crippen LogP contribution in [-0.4, -0.2) is 11.1 Å². The summed E-state index contributed by atoms with van der Waals surface area (Å²) in [6, 6.07) is 1.89. The van der Waals surface area contributed by atoms with Crippen molar-refractivity contribution in [2.24, 2.45) is 0 Å². The SMILES string of the molecule is CCCc1c(C(=O)O)oc2cc(C)c(Br)c(C)c12. The third-order valence-electron chi connectivity index (χ3n) is 3.13. The van der Waals surface area contributed by atoms with E-state index in [9.17, 15) is 9.90 Å². The second-order valence-corrected chi connectivity index (χ2v) is 5.26. The topological polar surface area (TPSA) is 50.4 Å². The van der Waals surface area contributed by atoms with Gasteiger partial charge in [0, 0.05) is 15.4 Å². The summed E-state index contributed by atoms with van der Waals surface area (Å²) < 4.78 is 6.53. The molecule has 0 unspecified atom stereocenters. The largest absolute Gasteiger partial charge is 0.475 e. The molecular weight excluding hydrogens is 296 g/mol. The van der Waals surface area contributed by atoms with Crippen LogP contribution in [0.1, 0.15) is 40.6 Å². The normalized spacial score (nSPS) is 11.1. The number of hydrogen-bond donors (Lipinski definition) is 1. The van der Waals surface area contributed by atoms with Gasteiger partial charge >= 0.3 is 5.97 Å². The molecule has 0 atom stereocenters. The molecule has 3 nitrogen and oxygen atoms in total. The van der Waals surface area contributed by atoms with Crippen molar-refractivity contribution in [3.05, 3.63) is 33.0 Å². The first-order chi connectivity index (χ1) is 8.47. The van der Waals surface area contributed by atoms with E-state index in [1.807, 2.05) is 26.8 Å². The summed E-state index contributed by atoms with van der Waals surface area (Å²) in [5.41, 5.74) is 3.56. The minimum Gasteiger partial charge on any atom is -0.475 e. The summed E-state index contributed by atoms with van der Waals surface area (Å²) in [7, 11) is 0. The van der Waals surface area contributed by atoms with Crippen LogP contribution in [0.2, 0.25) is 0 Å². The first-order valence-corrected chi connectivity index (χ1v) is 6.71.